The number of ether oxygens (including phenoxy) is 1. The molecule has 3 nitrogen and oxygen atoms in total. The Morgan fingerprint density at radius 3 is 2.75 bits per heavy atom. The van der Waals surface area contributed by atoms with E-state index in [4.69, 9.17) is 21.6 Å². The number of para-hydroxylation sites is 1. The van der Waals surface area contributed by atoms with Crippen molar-refractivity contribution in [2.24, 2.45) is 0 Å². The number of nitriles is 1. The van der Waals surface area contributed by atoms with Crippen molar-refractivity contribution in [1.82, 2.24) is 0 Å². The number of benzene rings is 2. The van der Waals surface area contributed by atoms with E-state index < -0.39 is 0 Å². The first-order chi connectivity index (χ1) is 9.74. The van der Waals surface area contributed by atoms with Gasteiger partial charge in [0.1, 0.15) is 6.07 Å². The molecule has 102 valence electrons. The second-order valence-electron chi connectivity index (χ2n) is 4.33. The number of methoxy groups -OCH3 is 1. The number of halogens is 1. The van der Waals surface area contributed by atoms with Crippen LogP contribution in [0.15, 0.2) is 42.5 Å². The molecule has 1 N–H and O–H groups in total. The fourth-order valence-corrected chi connectivity index (χ4v) is 2.11. The summed E-state index contributed by atoms with van der Waals surface area (Å²) in [6.45, 7) is 0.652. The number of nitrogens with zero attached hydrogens (tertiary/aromatic N) is 1. The predicted molar refractivity (Wildman–Crippen MR) is 81.5 cm³/mol. The summed E-state index contributed by atoms with van der Waals surface area (Å²) in [6.07, 6.45) is 0.808. The first kappa shape index (κ1) is 14.4. The minimum Gasteiger partial charge on any atom is -0.384 e. The van der Waals surface area contributed by atoms with Gasteiger partial charge in [-0.1, -0.05) is 29.8 Å². The quantitative estimate of drug-likeness (QED) is 0.898. The highest BCUT2D eigenvalue weighted by molar-refractivity contribution is 6.30. The Bertz CT molecular complexity index is 635. The summed E-state index contributed by atoms with van der Waals surface area (Å²) in [5.74, 6) is 0. The Labute approximate surface area is 123 Å². The Morgan fingerprint density at radius 2 is 2.00 bits per heavy atom. The minimum atomic E-state index is 0.566. The third-order valence-electron chi connectivity index (χ3n) is 2.96. The highest BCUT2D eigenvalue weighted by atomic mass is 35.5. The molecule has 0 aliphatic heterocycles. The Hall–Kier alpha value is -2.02. The van der Waals surface area contributed by atoms with E-state index in [9.17, 15) is 0 Å². The van der Waals surface area contributed by atoms with Gasteiger partial charge in [0.2, 0.25) is 0 Å². The predicted octanol–water partition coefficient (Wildman–Crippen LogP) is 4.14. The van der Waals surface area contributed by atoms with Crippen LogP contribution in [0.2, 0.25) is 5.02 Å². The van der Waals surface area contributed by atoms with Crippen LogP contribution >= 0.6 is 11.6 Å². The first-order valence-electron chi connectivity index (χ1n) is 6.28. The molecule has 4 heteroatoms. The lowest BCUT2D eigenvalue weighted by molar-refractivity contribution is 0.202. The monoisotopic (exact) mass is 286 g/mol. The minimum absolute atomic E-state index is 0.566. The summed E-state index contributed by atoms with van der Waals surface area (Å²) in [7, 11) is 1.68. The molecule has 0 aromatic heterocycles. The Morgan fingerprint density at radius 1 is 1.20 bits per heavy atom. The molecule has 2 aromatic carbocycles. The molecule has 0 unspecified atom stereocenters. The van der Waals surface area contributed by atoms with Crippen molar-refractivity contribution < 1.29 is 4.74 Å². The summed E-state index contributed by atoms with van der Waals surface area (Å²) < 4.78 is 5.11. The molecule has 2 rings (SSSR count). The molecule has 0 atom stereocenters. The van der Waals surface area contributed by atoms with E-state index in [1.54, 1.807) is 25.3 Å². The largest absolute Gasteiger partial charge is 0.384 e. The van der Waals surface area contributed by atoms with Gasteiger partial charge in [0.25, 0.3) is 0 Å². The van der Waals surface area contributed by atoms with Crippen LogP contribution in [0.3, 0.4) is 0 Å². The number of rotatable bonds is 5. The maximum Gasteiger partial charge on any atom is 0.101 e. The zero-order valence-corrected chi connectivity index (χ0v) is 11.9. The molecule has 0 heterocycles. The number of hydrogen-bond donors (Lipinski definition) is 1. The van der Waals surface area contributed by atoms with Gasteiger partial charge in [0.15, 0.2) is 0 Å². The third-order valence-corrected chi connectivity index (χ3v) is 3.20. The van der Waals surface area contributed by atoms with Crippen LogP contribution in [-0.4, -0.2) is 13.7 Å². The molecule has 0 saturated heterocycles. The molecule has 20 heavy (non-hydrogen) atoms. The summed E-state index contributed by atoms with van der Waals surface area (Å²) in [6, 6.07) is 15.3. The van der Waals surface area contributed by atoms with Crippen molar-refractivity contribution in [3.63, 3.8) is 0 Å². The fourth-order valence-electron chi connectivity index (χ4n) is 1.93. The van der Waals surface area contributed by atoms with E-state index in [1.165, 1.54) is 0 Å². The van der Waals surface area contributed by atoms with Crippen LogP contribution in [0.5, 0.6) is 0 Å². The Kier molecular flexibility index (Phi) is 5.00. The SMILES string of the molecule is COCCc1ccccc1Nc1cc(Cl)ccc1C#N. The molecule has 0 amide bonds. The van der Waals surface area contributed by atoms with Crippen LogP contribution in [0.4, 0.5) is 11.4 Å². The van der Waals surface area contributed by atoms with E-state index in [1.807, 2.05) is 24.3 Å². The molecule has 0 spiro atoms. The van der Waals surface area contributed by atoms with E-state index in [0.29, 0.717) is 22.9 Å². The average Bonchev–Trinajstić information content (AvgIpc) is 2.47. The van der Waals surface area contributed by atoms with Gasteiger partial charge in [-0.15, -0.1) is 0 Å². The standard InChI is InChI=1S/C16H15ClN2O/c1-20-9-8-12-4-2-3-5-15(12)19-16-10-14(17)7-6-13(16)11-18/h2-7,10,19H,8-9H2,1H3. The highest BCUT2D eigenvalue weighted by Crippen LogP contribution is 2.26. The van der Waals surface area contributed by atoms with Crippen LogP contribution in [0.1, 0.15) is 11.1 Å². The van der Waals surface area contributed by atoms with Gasteiger partial charge in [-0.05, 0) is 36.2 Å². The summed E-state index contributed by atoms with van der Waals surface area (Å²) in [5, 5.41) is 13.0. The lowest BCUT2D eigenvalue weighted by Crippen LogP contribution is -2.01. The van der Waals surface area contributed by atoms with E-state index in [-0.39, 0.29) is 0 Å². The van der Waals surface area contributed by atoms with Crippen molar-refractivity contribution in [1.29, 1.82) is 5.26 Å². The maximum atomic E-state index is 9.14. The van der Waals surface area contributed by atoms with Crippen molar-refractivity contribution in [2.45, 2.75) is 6.42 Å². The van der Waals surface area contributed by atoms with Gasteiger partial charge in [-0.2, -0.15) is 5.26 Å². The summed E-state index contributed by atoms with van der Waals surface area (Å²) in [4.78, 5) is 0. The molecular weight excluding hydrogens is 272 g/mol. The van der Waals surface area contributed by atoms with Gasteiger partial charge in [-0.25, -0.2) is 0 Å². The van der Waals surface area contributed by atoms with E-state index in [0.717, 1.165) is 17.7 Å². The third kappa shape index (κ3) is 3.51. The van der Waals surface area contributed by atoms with Crippen molar-refractivity contribution >= 4 is 23.0 Å². The van der Waals surface area contributed by atoms with Crippen LogP contribution < -0.4 is 5.32 Å². The molecular formula is C16H15ClN2O. The maximum absolute atomic E-state index is 9.14. The molecule has 2 aromatic rings. The highest BCUT2D eigenvalue weighted by Gasteiger charge is 2.06. The van der Waals surface area contributed by atoms with E-state index in [2.05, 4.69) is 11.4 Å². The molecule has 0 radical (unpaired) electrons. The summed E-state index contributed by atoms with van der Waals surface area (Å²) >= 11 is 5.99. The zero-order chi connectivity index (χ0) is 14.4. The van der Waals surface area contributed by atoms with Crippen molar-refractivity contribution in [3.8, 4) is 6.07 Å². The van der Waals surface area contributed by atoms with Crippen molar-refractivity contribution in [3.05, 3.63) is 58.6 Å². The smallest absolute Gasteiger partial charge is 0.101 e. The van der Waals surface area contributed by atoms with Crippen LogP contribution in [0.25, 0.3) is 0 Å². The Balaban J connectivity index is 2.30. The second kappa shape index (κ2) is 6.95. The lowest BCUT2D eigenvalue weighted by Gasteiger charge is -2.13. The number of hydrogen-bond acceptors (Lipinski definition) is 3. The normalized spacial score (nSPS) is 10.1. The summed E-state index contributed by atoms with van der Waals surface area (Å²) in [5.41, 5.74) is 3.38. The number of anilines is 2. The average molecular weight is 287 g/mol. The fraction of sp³-hybridized carbons (Fsp3) is 0.188. The first-order valence-corrected chi connectivity index (χ1v) is 6.66. The van der Waals surface area contributed by atoms with Gasteiger partial charge in [0.05, 0.1) is 17.9 Å². The molecule has 0 fully saturated rings. The molecule has 0 aliphatic carbocycles. The van der Waals surface area contributed by atoms with Gasteiger partial charge < -0.3 is 10.1 Å². The van der Waals surface area contributed by atoms with Gasteiger partial charge in [-0.3, -0.25) is 0 Å². The molecule has 0 bridgehead atoms. The van der Waals surface area contributed by atoms with E-state index >= 15 is 0 Å². The second-order valence-corrected chi connectivity index (χ2v) is 4.76. The topological polar surface area (TPSA) is 45.0 Å². The van der Waals surface area contributed by atoms with Crippen LogP contribution in [-0.2, 0) is 11.2 Å². The lowest BCUT2D eigenvalue weighted by atomic mass is 10.1. The van der Waals surface area contributed by atoms with Gasteiger partial charge >= 0.3 is 0 Å². The molecule has 0 saturated carbocycles. The van der Waals surface area contributed by atoms with Crippen molar-refractivity contribution in [2.75, 3.05) is 19.0 Å². The van der Waals surface area contributed by atoms with Gasteiger partial charge in [0, 0.05) is 17.8 Å². The number of nitrogens with one attached hydrogen (secondary N) is 1. The zero-order valence-electron chi connectivity index (χ0n) is 11.2. The van der Waals surface area contributed by atoms with Crippen LogP contribution in [0, 0.1) is 11.3 Å². The molecule has 0 aliphatic rings.